The number of aryl methyl sites for hydroxylation is 1. The van der Waals surface area contributed by atoms with Gasteiger partial charge in [-0.3, -0.25) is 10.1 Å². The van der Waals surface area contributed by atoms with Crippen LogP contribution in [-0.2, 0) is 6.42 Å². The molecule has 1 rings (SSSR count). The van der Waals surface area contributed by atoms with Crippen molar-refractivity contribution >= 4 is 37.5 Å². The molecule has 0 N–H and O–H groups in total. The summed E-state index contributed by atoms with van der Waals surface area (Å²) in [5.41, 5.74) is 1.24. The van der Waals surface area contributed by atoms with Crippen molar-refractivity contribution in [3.8, 4) is 0 Å². The van der Waals surface area contributed by atoms with Gasteiger partial charge in [-0.05, 0) is 24.3 Å². The standard InChI is InChI=1S/C12H15Br2NO2/c1-8(2)11(13)6-4-9-3-5-10(15(16)17)7-12(9)14/h3,5,7-8,11H,4,6H2,1-2H3. The second-order valence-electron chi connectivity index (χ2n) is 4.33. The molecule has 0 spiro atoms. The minimum Gasteiger partial charge on any atom is -0.258 e. The molecule has 0 radical (unpaired) electrons. The van der Waals surface area contributed by atoms with E-state index in [9.17, 15) is 10.1 Å². The second kappa shape index (κ2) is 6.50. The Balaban J connectivity index is 2.70. The highest BCUT2D eigenvalue weighted by atomic mass is 79.9. The first-order valence-electron chi connectivity index (χ1n) is 5.48. The maximum atomic E-state index is 10.6. The molecule has 1 aromatic rings. The fraction of sp³-hybridized carbons (Fsp3) is 0.500. The minimum atomic E-state index is -0.379. The first-order chi connectivity index (χ1) is 7.91. The molecule has 0 heterocycles. The van der Waals surface area contributed by atoms with Crippen molar-refractivity contribution in [2.45, 2.75) is 31.5 Å². The highest BCUT2D eigenvalue weighted by molar-refractivity contribution is 9.10. The van der Waals surface area contributed by atoms with Crippen molar-refractivity contribution in [2.75, 3.05) is 0 Å². The van der Waals surface area contributed by atoms with Crippen LogP contribution in [0.4, 0.5) is 5.69 Å². The summed E-state index contributed by atoms with van der Waals surface area (Å²) in [5, 5.41) is 10.6. The van der Waals surface area contributed by atoms with Gasteiger partial charge in [0.1, 0.15) is 0 Å². The summed E-state index contributed by atoms with van der Waals surface area (Å²) in [7, 11) is 0. The fourth-order valence-electron chi connectivity index (χ4n) is 1.48. The summed E-state index contributed by atoms with van der Waals surface area (Å²) in [5.74, 6) is 0.590. The molecular weight excluding hydrogens is 350 g/mol. The molecule has 0 aromatic heterocycles. The number of non-ortho nitro benzene ring substituents is 1. The quantitative estimate of drug-likeness (QED) is 0.431. The minimum absolute atomic E-state index is 0.125. The van der Waals surface area contributed by atoms with Gasteiger partial charge in [-0.2, -0.15) is 0 Å². The average molecular weight is 365 g/mol. The van der Waals surface area contributed by atoms with Gasteiger partial charge in [0, 0.05) is 21.4 Å². The van der Waals surface area contributed by atoms with Crippen LogP contribution in [0.25, 0.3) is 0 Å². The molecule has 0 aliphatic heterocycles. The molecule has 0 aliphatic rings. The predicted molar refractivity (Wildman–Crippen MR) is 76.7 cm³/mol. The molecule has 0 fully saturated rings. The van der Waals surface area contributed by atoms with E-state index in [2.05, 4.69) is 45.7 Å². The normalized spacial score (nSPS) is 12.8. The van der Waals surface area contributed by atoms with Crippen LogP contribution in [0.2, 0.25) is 0 Å². The average Bonchev–Trinajstić information content (AvgIpc) is 2.26. The molecule has 0 bridgehead atoms. The predicted octanol–water partition coefficient (Wildman–Crippen LogP) is 4.71. The smallest absolute Gasteiger partial charge is 0.258 e. The monoisotopic (exact) mass is 363 g/mol. The number of benzene rings is 1. The third-order valence-corrected chi connectivity index (χ3v) is 4.91. The Hall–Kier alpha value is -0.420. The first-order valence-corrected chi connectivity index (χ1v) is 7.19. The summed E-state index contributed by atoms with van der Waals surface area (Å²) in [6.07, 6.45) is 1.93. The summed E-state index contributed by atoms with van der Waals surface area (Å²) in [6, 6.07) is 4.94. The number of hydrogen-bond acceptors (Lipinski definition) is 2. The van der Waals surface area contributed by atoms with Gasteiger partial charge in [0.2, 0.25) is 0 Å². The number of alkyl halides is 1. The highest BCUT2D eigenvalue weighted by Crippen LogP contribution is 2.26. The summed E-state index contributed by atoms with van der Waals surface area (Å²) < 4.78 is 0.815. The molecular formula is C12H15Br2NO2. The molecule has 3 nitrogen and oxygen atoms in total. The topological polar surface area (TPSA) is 43.1 Å². The number of halogens is 2. The van der Waals surface area contributed by atoms with Crippen LogP contribution in [0.1, 0.15) is 25.8 Å². The number of rotatable bonds is 5. The van der Waals surface area contributed by atoms with E-state index in [4.69, 9.17) is 0 Å². The first kappa shape index (κ1) is 14.6. The van der Waals surface area contributed by atoms with Crippen molar-refractivity contribution in [1.29, 1.82) is 0 Å². The molecule has 1 unspecified atom stereocenters. The Labute approximate surface area is 118 Å². The zero-order chi connectivity index (χ0) is 13.0. The lowest BCUT2D eigenvalue weighted by Gasteiger charge is -2.13. The molecule has 0 saturated heterocycles. The van der Waals surface area contributed by atoms with Crippen molar-refractivity contribution < 1.29 is 4.92 Å². The Kier molecular flexibility index (Phi) is 5.59. The van der Waals surface area contributed by atoms with E-state index in [-0.39, 0.29) is 10.6 Å². The van der Waals surface area contributed by atoms with E-state index in [0.717, 1.165) is 22.9 Å². The van der Waals surface area contributed by atoms with E-state index >= 15 is 0 Å². The second-order valence-corrected chi connectivity index (χ2v) is 6.36. The van der Waals surface area contributed by atoms with Gasteiger partial charge in [0.15, 0.2) is 0 Å². The highest BCUT2D eigenvalue weighted by Gasteiger charge is 2.12. The lowest BCUT2D eigenvalue weighted by Crippen LogP contribution is -2.08. The number of hydrogen-bond donors (Lipinski definition) is 0. The van der Waals surface area contributed by atoms with Gasteiger partial charge < -0.3 is 0 Å². The Morgan fingerprint density at radius 2 is 2.06 bits per heavy atom. The van der Waals surface area contributed by atoms with E-state index in [1.807, 2.05) is 6.07 Å². The van der Waals surface area contributed by atoms with Crippen LogP contribution in [0.5, 0.6) is 0 Å². The maximum absolute atomic E-state index is 10.6. The van der Waals surface area contributed by atoms with Gasteiger partial charge >= 0.3 is 0 Å². The van der Waals surface area contributed by atoms with Crippen LogP contribution in [-0.4, -0.2) is 9.75 Å². The number of nitro benzene ring substituents is 1. The summed E-state index contributed by atoms with van der Waals surface area (Å²) >= 11 is 7.02. The lowest BCUT2D eigenvalue weighted by atomic mass is 10.0. The molecule has 94 valence electrons. The number of nitrogens with zero attached hydrogens (tertiary/aromatic N) is 1. The molecule has 1 aromatic carbocycles. The third-order valence-electron chi connectivity index (χ3n) is 2.66. The summed E-state index contributed by atoms with van der Waals surface area (Å²) in [6.45, 7) is 4.34. The molecule has 17 heavy (non-hydrogen) atoms. The molecule has 5 heteroatoms. The maximum Gasteiger partial charge on any atom is 0.270 e. The largest absolute Gasteiger partial charge is 0.270 e. The number of nitro groups is 1. The van der Waals surface area contributed by atoms with E-state index in [1.54, 1.807) is 12.1 Å². The molecule has 1 atom stereocenters. The van der Waals surface area contributed by atoms with Crippen LogP contribution < -0.4 is 0 Å². The Bertz CT molecular complexity index is 407. The van der Waals surface area contributed by atoms with E-state index < -0.39 is 0 Å². The Morgan fingerprint density at radius 1 is 1.41 bits per heavy atom. The van der Waals surface area contributed by atoms with Crippen LogP contribution in [0, 0.1) is 16.0 Å². The molecule has 0 aliphatic carbocycles. The van der Waals surface area contributed by atoms with Crippen LogP contribution in [0.15, 0.2) is 22.7 Å². The van der Waals surface area contributed by atoms with Gasteiger partial charge in [-0.1, -0.05) is 51.8 Å². The van der Waals surface area contributed by atoms with Crippen molar-refractivity contribution in [1.82, 2.24) is 0 Å². The Morgan fingerprint density at radius 3 is 2.53 bits per heavy atom. The summed E-state index contributed by atoms with van der Waals surface area (Å²) in [4.78, 5) is 10.7. The van der Waals surface area contributed by atoms with E-state index in [1.165, 1.54) is 0 Å². The third kappa shape index (κ3) is 4.39. The van der Waals surface area contributed by atoms with Crippen LogP contribution in [0.3, 0.4) is 0 Å². The zero-order valence-corrected chi connectivity index (χ0v) is 13.0. The van der Waals surface area contributed by atoms with Gasteiger partial charge in [-0.25, -0.2) is 0 Å². The van der Waals surface area contributed by atoms with E-state index in [0.29, 0.717) is 10.7 Å². The fourth-order valence-corrected chi connectivity index (χ4v) is 2.27. The van der Waals surface area contributed by atoms with Gasteiger partial charge in [0.25, 0.3) is 5.69 Å². The zero-order valence-electron chi connectivity index (χ0n) is 9.82. The van der Waals surface area contributed by atoms with Crippen LogP contribution >= 0.6 is 31.9 Å². The van der Waals surface area contributed by atoms with Crippen molar-refractivity contribution in [3.63, 3.8) is 0 Å². The van der Waals surface area contributed by atoms with Crippen molar-refractivity contribution in [2.24, 2.45) is 5.92 Å². The molecule has 0 saturated carbocycles. The van der Waals surface area contributed by atoms with Gasteiger partial charge in [0.05, 0.1) is 4.92 Å². The SMILES string of the molecule is CC(C)C(Br)CCc1ccc([N+](=O)[O-])cc1Br. The lowest BCUT2D eigenvalue weighted by molar-refractivity contribution is -0.384. The van der Waals surface area contributed by atoms with Gasteiger partial charge in [-0.15, -0.1) is 0 Å². The van der Waals surface area contributed by atoms with Crippen molar-refractivity contribution in [3.05, 3.63) is 38.3 Å². The molecule has 0 amide bonds.